The van der Waals surface area contributed by atoms with E-state index in [1.165, 1.54) is 24.8 Å². The molecule has 3 aromatic rings. The molecule has 0 bridgehead atoms. The Morgan fingerprint density at radius 1 is 1.24 bits per heavy atom. The molecule has 10 heteroatoms. The molecule has 176 valence electrons. The molecular weight excluding hydrogens is 458 g/mol. The molecular formula is C23H29N5O3S2. The van der Waals surface area contributed by atoms with Crippen LogP contribution in [0.2, 0.25) is 0 Å². The highest BCUT2D eigenvalue weighted by Gasteiger charge is 2.33. The minimum absolute atomic E-state index is 0.0109. The molecule has 0 spiro atoms. The number of hydrogen-bond acceptors (Lipinski definition) is 7. The Bertz CT molecular complexity index is 1230. The molecule has 1 aliphatic heterocycles. The summed E-state index contributed by atoms with van der Waals surface area (Å²) < 4.78 is 1.35. The van der Waals surface area contributed by atoms with Gasteiger partial charge in [-0.25, -0.2) is 4.79 Å². The molecule has 1 aliphatic rings. The minimum Gasteiger partial charge on any atom is -0.383 e. The highest BCUT2D eigenvalue weighted by Crippen LogP contribution is 2.39. The van der Waals surface area contributed by atoms with Crippen LogP contribution < -0.4 is 21.9 Å². The molecule has 3 aromatic heterocycles. The van der Waals surface area contributed by atoms with Gasteiger partial charge in [-0.15, -0.1) is 22.7 Å². The molecule has 0 radical (unpaired) electrons. The lowest BCUT2D eigenvalue weighted by atomic mass is 9.98. The third-order valence-electron chi connectivity index (χ3n) is 6.05. The van der Waals surface area contributed by atoms with Crippen molar-refractivity contribution in [1.29, 1.82) is 0 Å². The molecule has 3 N–H and O–H groups in total. The molecule has 8 nitrogen and oxygen atoms in total. The smallest absolute Gasteiger partial charge is 0.330 e. The zero-order valence-corrected chi connectivity index (χ0v) is 20.5. The van der Waals surface area contributed by atoms with Gasteiger partial charge in [-0.1, -0.05) is 19.4 Å². The van der Waals surface area contributed by atoms with E-state index in [-0.39, 0.29) is 36.5 Å². The van der Waals surface area contributed by atoms with Crippen molar-refractivity contribution in [1.82, 2.24) is 14.5 Å². The number of rotatable bonds is 8. The summed E-state index contributed by atoms with van der Waals surface area (Å²) in [4.78, 5) is 47.0. The highest BCUT2D eigenvalue weighted by atomic mass is 32.1. The maximum atomic E-state index is 13.5. The minimum atomic E-state index is -0.631. The summed E-state index contributed by atoms with van der Waals surface area (Å²) >= 11 is 3.44. The molecule has 4 heterocycles. The first-order valence-electron chi connectivity index (χ1n) is 11.2. The van der Waals surface area contributed by atoms with Gasteiger partial charge in [0.05, 0.1) is 12.6 Å². The fourth-order valence-corrected chi connectivity index (χ4v) is 6.19. The van der Waals surface area contributed by atoms with Gasteiger partial charge < -0.3 is 10.6 Å². The summed E-state index contributed by atoms with van der Waals surface area (Å²) in [6.45, 7) is 5.39. The van der Waals surface area contributed by atoms with E-state index in [1.807, 2.05) is 25.3 Å². The van der Waals surface area contributed by atoms with E-state index in [2.05, 4.69) is 27.4 Å². The number of carbonyl (C=O) groups is 1. The first kappa shape index (κ1) is 23.5. The number of anilines is 2. The number of nitrogens with zero attached hydrogens (tertiary/aromatic N) is 3. The fourth-order valence-electron chi connectivity index (χ4n) is 4.41. The van der Waals surface area contributed by atoms with E-state index in [4.69, 9.17) is 5.73 Å². The Balaban J connectivity index is 1.65. The van der Waals surface area contributed by atoms with Crippen LogP contribution in [0.3, 0.4) is 0 Å². The Hall–Kier alpha value is -2.69. The topological polar surface area (TPSA) is 104 Å². The Morgan fingerprint density at radius 2 is 2.06 bits per heavy atom. The SMILES string of the molecule is CCCCn1c(N)c(N(CC)C(=O)CN2CCc3sccc3[C@@H]2c2cccs2)c(=O)[nH]c1=O. The number of nitrogens with two attached hydrogens (primary N) is 1. The van der Waals surface area contributed by atoms with E-state index in [1.54, 1.807) is 22.7 Å². The van der Waals surface area contributed by atoms with Gasteiger partial charge in [0.15, 0.2) is 5.69 Å². The highest BCUT2D eigenvalue weighted by molar-refractivity contribution is 7.10. The molecule has 33 heavy (non-hydrogen) atoms. The van der Waals surface area contributed by atoms with Crippen molar-refractivity contribution in [2.45, 2.75) is 45.7 Å². The lowest BCUT2D eigenvalue weighted by Gasteiger charge is -2.36. The number of unbranched alkanes of at least 4 members (excludes halogenated alkanes) is 1. The third kappa shape index (κ3) is 4.55. The summed E-state index contributed by atoms with van der Waals surface area (Å²) in [7, 11) is 0. The van der Waals surface area contributed by atoms with Crippen molar-refractivity contribution in [3.05, 3.63) is 65.1 Å². The number of aromatic amines is 1. The first-order valence-corrected chi connectivity index (χ1v) is 13.0. The number of fused-ring (bicyclic) bond motifs is 1. The van der Waals surface area contributed by atoms with Crippen LogP contribution in [0.25, 0.3) is 0 Å². The number of nitrogens with one attached hydrogen (secondary N) is 1. The predicted octanol–water partition coefficient (Wildman–Crippen LogP) is 3.04. The second kappa shape index (κ2) is 10.1. The summed E-state index contributed by atoms with van der Waals surface area (Å²) in [5.74, 6) is -0.170. The molecule has 0 saturated heterocycles. The molecule has 1 atom stereocenters. The second-order valence-corrected chi connectivity index (χ2v) is 10.1. The van der Waals surface area contributed by atoms with Crippen LogP contribution in [0.5, 0.6) is 0 Å². The van der Waals surface area contributed by atoms with E-state index in [0.717, 1.165) is 25.8 Å². The van der Waals surface area contributed by atoms with Gasteiger partial charge in [-0.3, -0.25) is 24.0 Å². The van der Waals surface area contributed by atoms with Gasteiger partial charge in [0.25, 0.3) is 5.56 Å². The number of amides is 1. The zero-order chi connectivity index (χ0) is 23.5. The average Bonchev–Trinajstić information content (AvgIpc) is 3.48. The molecule has 0 unspecified atom stereocenters. The maximum absolute atomic E-state index is 13.5. The van der Waals surface area contributed by atoms with Gasteiger partial charge in [0, 0.05) is 29.4 Å². The second-order valence-electron chi connectivity index (χ2n) is 8.07. The number of likely N-dealkylation sites (N-methyl/N-ethyl adjacent to an activating group) is 1. The maximum Gasteiger partial charge on any atom is 0.330 e. The molecule has 0 saturated carbocycles. The van der Waals surface area contributed by atoms with Crippen molar-refractivity contribution in [2.24, 2.45) is 0 Å². The van der Waals surface area contributed by atoms with Gasteiger partial charge >= 0.3 is 5.69 Å². The van der Waals surface area contributed by atoms with Crippen molar-refractivity contribution >= 4 is 40.1 Å². The number of H-pyrrole nitrogens is 1. The summed E-state index contributed by atoms with van der Waals surface area (Å²) in [5.41, 5.74) is 6.39. The van der Waals surface area contributed by atoms with Crippen LogP contribution in [0, 0.1) is 0 Å². The molecule has 0 fully saturated rings. The van der Waals surface area contributed by atoms with Crippen LogP contribution >= 0.6 is 22.7 Å². The van der Waals surface area contributed by atoms with Crippen molar-refractivity contribution in [3.63, 3.8) is 0 Å². The quantitative estimate of drug-likeness (QED) is 0.508. The van der Waals surface area contributed by atoms with Crippen molar-refractivity contribution in [3.8, 4) is 0 Å². The standard InChI is InChI=1S/C23H29N5O3S2/c1-3-5-10-28-21(24)20(22(30)25-23(28)31)27(4-2)18(29)14-26-11-8-16-15(9-13-33-16)19(26)17-7-6-12-32-17/h6-7,9,12-13,19H,3-5,8,10-11,14,24H2,1-2H3,(H,25,30,31)/t19-/m1/s1. The lowest BCUT2D eigenvalue weighted by Crippen LogP contribution is -2.47. The van der Waals surface area contributed by atoms with Gasteiger partial charge in [-0.05, 0) is 48.2 Å². The Labute approximate surface area is 200 Å². The summed E-state index contributed by atoms with van der Waals surface area (Å²) in [6, 6.07) is 6.28. The Morgan fingerprint density at radius 3 is 2.76 bits per heavy atom. The van der Waals surface area contributed by atoms with Crippen LogP contribution in [-0.4, -0.2) is 40.0 Å². The first-order chi connectivity index (χ1) is 16.0. The number of nitrogen functional groups attached to an aromatic ring is 1. The molecule has 1 amide bonds. The van der Waals surface area contributed by atoms with E-state index < -0.39 is 11.2 Å². The number of hydrogen-bond donors (Lipinski definition) is 2. The number of thiophene rings is 2. The molecule has 0 aliphatic carbocycles. The summed E-state index contributed by atoms with van der Waals surface area (Å²) in [6.07, 6.45) is 2.51. The van der Waals surface area contributed by atoms with Crippen molar-refractivity contribution < 1.29 is 4.79 Å². The fraction of sp³-hybridized carbons (Fsp3) is 0.435. The largest absolute Gasteiger partial charge is 0.383 e. The van der Waals surface area contributed by atoms with E-state index in [9.17, 15) is 14.4 Å². The van der Waals surface area contributed by atoms with Crippen LogP contribution in [0.4, 0.5) is 11.5 Å². The lowest BCUT2D eigenvalue weighted by molar-refractivity contribution is -0.120. The van der Waals surface area contributed by atoms with E-state index >= 15 is 0 Å². The zero-order valence-electron chi connectivity index (χ0n) is 18.9. The van der Waals surface area contributed by atoms with Crippen LogP contribution in [0.15, 0.2) is 38.5 Å². The summed E-state index contributed by atoms with van der Waals surface area (Å²) in [5, 5.41) is 4.16. The normalized spacial score (nSPS) is 16.0. The van der Waals surface area contributed by atoms with E-state index in [0.29, 0.717) is 6.54 Å². The van der Waals surface area contributed by atoms with Gasteiger partial charge in [0.1, 0.15) is 5.82 Å². The average molecular weight is 488 g/mol. The van der Waals surface area contributed by atoms with Crippen LogP contribution in [-0.2, 0) is 17.8 Å². The van der Waals surface area contributed by atoms with Crippen molar-refractivity contribution in [2.75, 3.05) is 30.3 Å². The molecule has 0 aromatic carbocycles. The van der Waals surface area contributed by atoms with Gasteiger partial charge in [0.2, 0.25) is 5.91 Å². The number of carbonyl (C=O) groups excluding carboxylic acids is 1. The van der Waals surface area contributed by atoms with Gasteiger partial charge in [-0.2, -0.15) is 0 Å². The molecule has 4 rings (SSSR count). The third-order valence-corrected chi connectivity index (χ3v) is 7.97. The Kier molecular flexibility index (Phi) is 7.16. The monoisotopic (exact) mass is 487 g/mol. The number of aromatic nitrogens is 2. The van der Waals surface area contributed by atoms with Crippen LogP contribution in [0.1, 0.15) is 48.0 Å². The predicted molar refractivity (Wildman–Crippen MR) is 134 cm³/mol.